The van der Waals surface area contributed by atoms with E-state index in [0.29, 0.717) is 18.1 Å². The van der Waals surface area contributed by atoms with E-state index in [1.54, 1.807) is 0 Å². The largest absolute Gasteiger partial charge is 0.381 e. The third kappa shape index (κ3) is 5.38. The van der Waals surface area contributed by atoms with Crippen LogP contribution in [-0.4, -0.2) is 50.5 Å². The van der Waals surface area contributed by atoms with Gasteiger partial charge in [0.2, 0.25) is 0 Å². The summed E-state index contributed by atoms with van der Waals surface area (Å²) in [6, 6.07) is 8.84. The summed E-state index contributed by atoms with van der Waals surface area (Å²) in [5, 5.41) is 0. The number of nitrogens with zero attached hydrogens (tertiary/aromatic N) is 1. The number of methoxy groups -OCH3 is 1. The van der Waals surface area contributed by atoms with Crippen LogP contribution in [0.4, 0.5) is 0 Å². The normalized spacial score (nSPS) is 23.1. The molecule has 0 saturated carbocycles. The van der Waals surface area contributed by atoms with Crippen LogP contribution in [0.15, 0.2) is 24.3 Å². The number of benzene rings is 1. The molecular formula is C19H31NO2. The Hall–Kier alpha value is -0.900. The van der Waals surface area contributed by atoms with Crippen LogP contribution < -0.4 is 0 Å². The maximum Gasteiger partial charge on any atom is 0.0646 e. The fraction of sp³-hybridized carbons (Fsp3) is 0.684. The lowest BCUT2D eigenvalue weighted by atomic mass is 9.94. The Balaban J connectivity index is 1.84. The number of hydrogen-bond acceptors (Lipinski definition) is 3. The van der Waals surface area contributed by atoms with Gasteiger partial charge in [-0.15, -0.1) is 0 Å². The molecule has 0 amide bonds. The first kappa shape index (κ1) is 17.5. The summed E-state index contributed by atoms with van der Waals surface area (Å²) in [7, 11) is 1.83. The molecule has 1 aromatic rings. The quantitative estimate of drug-likeness (QED) is 0.771. The summed E-state index contributed by atoms with van der Waals surface area (Å²) in [5.74, 6) is 0.485. The van der Waals surface area contributed by atoms with Crippen molar-refractivity contribution in [1.82, 2.24) is 4.90 Å². The third-order valence-electron chi connectivity index (χ3n) is 4.49. The molecule has 3 nitrogen and oxygen atoms in total. The highest BCUT2D eigenvalue weighted by Crippen LogP contribution is 2.21. The standard InChI is InChI=1S/C19H31NO2/c1-15(2)22-14-18-13-20(11-9-19(18)21-4)10-8-17-7-5-6-16(3)12-17/h5-7,12,15,18-19H,8-11,13-14H2,1-4H3. The first-order valence-electron chi connectivity index (χ1n) is 8.50. The number of rotatable bonds is 7. The minimum Gasteiger partial charge on any atom is -0.381 e. The summed E-state index contributed by atoms with van der Waals surface area (Å²) in [5.41, 5.74) is 2.78. The molecule has 124 valence electrons. The van der Waals surface area contributed by atoms with Crippen LogP contribution in [0.5, 0.6) is 0 Å². The molecule has 3 heteroatoms. The molecule has 2 atom stereocenters. The minimum atomic E-state index is 0.292. The van der Waals surface area contributed by atoms with Gasteiger partial charge in [0.15, 0.2) is 0 Å². The van der Waals surface area contributed by atoms with Crippen molar-refractivity contribution >= 4 is 0 Å². The van der Waals surface area contributed by atoms with E-state index < -0.39 is 0 Å². The molecule has 1 aliphatic heterocycles. The van der Waals surface area contributed by atoms with E-state index in [1.807, 2.05) is 7.11 Å². The van der Waals surface area contributed by atoms with Crippen molar-refractivity contribution in [1.29, 1.82) is 0 Å². The maximum absolute atomic E-state index is 5.83. The molecule has 0 N–H and O–H groups in total. The van der Waals surface area contributed by atoms with Gasteiger partial charge in [0.05, 0.1) is 18.8 Å². The van der Waals surface area contributed by atoms with E-state index in [0.717, 1.165) is 39.1 Å². The number of ether oxygens (including phenoxy) is 2. The van der Waals surface area contributed by atoms with Crippen LogP contribution >= 0.6 is 0 Å². The monoisotopic (exact) mass is 305 g/mol. The zero-order chi connectivity index (χ0) is 15.9. The topological polar surface area (TPSA) is 21.7 Å². The SMILES string of the molecule is COC1CCN(CCc2cccc(C)c2)CC1COC(C)C. The fourth-order valence-electron chi connectivity index (χ4n) is 3.23. The van der Waals surface area contributed by atoms with Gasteiger partial charge in [-0.3, -0.25) is 0 Å². The zero-order valence-electron chi connectivity index (χ0n) is 14.5. The molecule has 1 saturated heterocycles. The van der Waals surface area contributed by atoms with E-state index in [2.05, 4.69) is 49.9 Å². The van der Waals surface area contributed by atoms with Gasteiger partial charge in [-0.1, -0.05) is 29.8 Å². The molecule has 2 rings (SSSR count). The highest BCUT2D eigenvalue weighted by molar-refractivity contribution is 5.22. The fourth-order valence-corrected chi connectivity index (χ4v) is 3.23. The molecule has 1 aliphatic rings. The predicted octanol–water partition coefficient (Wildman–Crippen LogP) is 3.30. The van der Waals surface area contributed by atoms with Crippen LogP contribution in [0.25, 0.3) is 0 Å². The van der Waals surface area contributed by atoms with Crippen LogP contribution in [0, 0.1) is 12.8 Å². The van der Waals surface area contributed by atoms with Gasteiger partial charge in [0.1, 0.15) is 0 Å². The second kappa shape index (κ2) is 8.66. The molecule has 2 unspecified atom stereocenters. The Bertz CT molecular complexity index is 447. The van der Waals surface area contributed by atoms with Gasteiger partial charge in [-0.05, 0) is 39.2 Å². The number of piperidine rings is 1. The number of aryl methyl sites for hydroxylation is 1. The Labute approximate surface area is 135 Å². The molecule has 22 heavy (non-hydrogen) atoms. The number of hydrogen-bond donors (Lipinski definition) is 0. The first-order valence-corrected chi connectivity index (χ1v) is 8.50. The summed E-state index contributed by atoms with van der Waals surface area (Å²) < 4.78 is 11.5. The van der Waals surface area contributed by atoms with E-state index in [1.165, 1.54) is 11.1 Å². The second-order valence-electron chi connectivity index (χ2n) is 6.74. The van der Waals surface area contributed by atoms with Gasteiger partial charge in [-0.25, -0.2) is 0 Å². The molecule has 1 heterocycles. The Morgan fingerprint density at radius 1 is 1.32 bits per heavy atom. The zero-order valence-corrected chi connectivity index (χ0v) is 14.5. The maximum atomic E-state index is 5.83. The van der Waals surface area contributed by atoms with Gasteiger partial charge in [0, 0.05) is 32.7 Å². The summed E-state index contributed by atoms with van der Waals surface area (Å²) in [6.45, 7) is 10.5. The van der Waals surface area contributed by atoms with Crippen molar-refractivity contribution in [3.63, 3.8) is 0 Å². The molecule has 0 aliphatic carbocycles. The second-order valence-corrected chi connectivity index (χ2v) is 6.74. The molecule has 0 spiro atoms. The van der Waals surface area contributed by atoms with Crippen molar-refractivity contribution in [3.8, 4) is 0 Å². The lowest BCUT2D eigenvalue weighted by molar-refractivity contribution is -0.0538. The Morgan fingerprint density at radius 2 is 2.14 bits per heavy atom. The molecule has 1 fully saturated rings. The van der Waals surface area contributed by atoms with Gasteiger partial charge in [0.25, 0.3) is 0 Å². The Kier molecular flexibility index (Phi) is 6.87. The highest BCUT2D eigenvalue weighted by Gasteiger charge is 2.29. The number of likely N-dealkylation sites (tertiary alicyclic amines) is 1. The smallest absolute Gasteiger partial charge is 0.0646 e. The summed E-state index contributed by atoms with van der Waals surface area (Å²) in [6.07, 6.45) is 2.86. The average molecular weight is 305 g/mol. The van der Waals surface area contributed by atoms with Gasteiger partial charge in [-0.2, -0.15) is 0 Å². The van der Waals surface area contributed by atoms with Gasteiger partial charge < -0.3 is 14.4 Å². The van der Waals surface area contributed by atoms with Crippen molar-refractivity contribution in [2.45, 2.75) is 45.8 Å². The molecule has 0 bridgehead atoms. The Morgan fingerprint density at radius 3 is 2.82 bits per heavy atom. The molecule has 1 aromatic carbocycles. The highest BCUT2D eigenvalue weighted by atomic mass is 16.5. The van der Waals surface area contributed by atoms with Gasteiger partial charge >= 0.3 is 0 Å². The predicted molar refractivity (Wildman–Crippen MR) is 91.3 cm³/mol. The third-order valence-corrected chi connectivity index (χ3v) is 4.49. The van der Waals surface area contributed by atoms with E-state index in [-0.39, 0.29) is 0 Å². The van der Waals surface area contributed by atoms with Crippen molar-refractivity contribution in [2.24, 2.45) is 5.92 Å². The van der Waals surface area contributed by atoms with Crippen LogP contribution in [0.2, 0.25) is 0 Å². The summed E-state index contributed by atoms with van der Waals surface area (Å²) >= 11 is 0. The van der Waals surface area contributed by atoms with Crippen molar-refractivity contribution in [3.05, 3.63) is 35.4 Å². The molecule has 0 radical (unpaired) electrons. The van der Waals surface area contributed by atoms with Crippen LogP contribution in [-0.2, 0) is 15.9 Å². The van der Waals surface area contributed by atoms with E-state index >= 15 is 0 Å². The minimum absolute atomic E-state index is 0.292. The van der Waals surface area contributed by atoms with Crippen LogP contribution in [0.3, 0.4) is 0 Å². The van der Waals surface area contributed by atoms with E-state index in [9.17, 15) is 0 Å². The molecule has 0 aromatic heterocycles. The summed E-state index contributed by atoms with van der Waals surface area (Å²) in [4.78, 5) is 2.56. The first-order chi connectivity index (χ1) is 10.6. The lowest BCUT2D eigenvalue weighted by Gasteiger charge is -2.38. The average Bonchev–Trinajstić information content (AvgIpc) is 2.51. The van der Waals surface area contributed by atoms with E-state index in [4.69, 9.17) is 9.47 Å². The van der Waals surface area contributed by atoms with Crippen molar-refractivity contribution < 1.29 is 9.47 Å². The lowest BCUT2D eigenvalue weighted by Crippen LogP contribution is -2.46. The van der Waals surface area contributed by atoms with Crippen LogP contribution in [0.1, 0.15) is 31.4 Å². The molecular weight excluding hydrogens is 274 g/mol. The van der Waals surface area contributed by atoms with Crippen molar-refractivity contribution in [2.75, 3.05) is 33.4 Å².